The molecule has 4 rings (SSSR count). The number of ether oxygens (including phenoxy) is 1. The molecule has 0 amide bonds. The van der Waals surface area contributed by atoms with E-state index in [0.29, 0.717) is 18.0 Å². The van der Waals surface area contributed by atoms with Crippen molar-refractivity contribution < 1.29 is 14.6 Å². The number of rotatable bonds is 7. The highest BCUT2D eigenvalue weighted by atomic mass is 16.5. The van der Waals surface area contributed by atoms with Crippen LogP contribution in [0.5, 0.6) is 5.88 Å². The molecular formula is C22H27N3O3. The predicted molar refractivity (Wildman–Crippen MR) is 106 cm³/mol. The maximum Gasteiger partial charge on any atom is 0.307 e. The number of likely N-dealkylation sites (tertiary alicyclic amines) is 2. The van der Waals surface area contributed by atoms with Gasteiger partial charge in [-0.05, 0) is 30.0 Å². The lowest BCUT2D eigenvalue weighted by Gasteiger charge is -2.25. The van der Waals surface area contributed by atoms with Crippen molar-refractivity contribution in [3.8, 4) is 5.88 Å². The largest absolute Gasteiger partial charge is 0.481 e. The molecule has 1 aromatic carbocycles. The first kappa shape index (κ1) is 18.9. The number of hydrogen-bond donors (Lipinski definition) is 1. The number of benzene rings is 1. The number of hydrogen-bond acceptors (Lipinski definition) is 5. The van der Waals surface area contributed by atoms with Crippen molar-refractivity contribution >= 4 is 5.97 Å². The number of carbonyl (C=O) groups is 1. The zero-order valence-electron chi connectivity index (χ0n) is 16.3. The number of pyridine rings is 1. The summed E-state index contributed by atoms with van der Waals surface area (Å²) in [5.41, 5.74) is 3.17. The van der Waals surface area contributed by atoms with Crippen molar-refractivity contribution in [2.24, 2.45) is 0 Å². The zero-order valence-corrected chi connectivity index (χ0v) is 16.3. The molecule has 0 radical (unpaired) electrons. The standard InChI is InChI=1S/C22H27N3O3/c1-28-21-4-2-3-18(23-21)15-25-12-10-19-20(25)9-11-24(19)14-17-7-5-16(6-8-17)13-22(26)27/h2-8,19-20H,9-15H2,1H3,(H,26,27)/t19-,20-/m0/s1. The molecule has 2 saturated heterocycles. The van der Waals surface area contributed by atoms with Crippen molar-refractivity contribution in [1.82, 2.24) is 14.8 Å². The summed E-state index contributed by atoms with van der Waals surface area (Å²) in [6.07, 6.45) is 2.46. The topological polar surface area (TPSA) is 65.9 Å². The minimum Gasteiger partial charge on any atom is -0.481 e. The van der Waals surface area contributed by atoms with Gasteiger partial charge in [-0.15, -0.1) is 0 Å². The quantitative estimate of drug-likeness (QED) is 0.795. The molecule has 0 unspecified atom stereocenters. The molecular weight excluding hydrogens is 354 g/mol. The Morgan fingerprint density at radius 2 is 1.68 bits per heavy atom. The van der Waals surface area contributed by atoms with Gasteiger partial charge in [-0.1, -0.05) is 30.3 Å². The summed E-state index contributed by atoms with van der Waals surface area (Å²) in [6, 6.07) is 15.1. The average molecular weight is 381 g/mol. The summed E-state index contributed by atoms with van der Waals surface area (Å²) >= 11 is 0. The first-order chi connectivity index (χ1) is 13.6. The molecule has 2 aromatic rings. The van der Waals surface area contributed by atoms with Gasteiger partial charge in [0.15, 0.2) is 0 Å². The zero-order chi connectivity index (χ0) is 19.5. The number of fused-ring (bicyclic) bond motifs is 1. The van der Waals surface area contributed by atoms with Crippen molar-refractivity contribution in [3.05, 3.63) is 59.3 Å². The molecule has 1 aromatic heterocycles. The van der Waals surface area contributed by atoms with E-state index in [9.17, 15) is 4.79 Å². The number of nitrogens with zero attached hydrogens (tertiary/aromatic N) is 3. The van der Waals surface area contributed by atoms with Crippen molar-refractivity contribution in [2.75, 3.05) is 20.2 Å². The summed E-state index contributed by atoms with van der Waals surface area (Å²) in [5.74, 6) is -0.112. The smallest absolute Gasteiger partial charge is 0.307 e. The van der Waals surface area contributed by atoms with Crippen LogP contribution in [0.2, 0.25) is 0 Å². The predicted octanol–water partition coefficient (Wildman–Crippen LogP) is 2.57. The molecule has 2 aliphatic heterocycles. The Kier molecular flexibility index (Phi) is 5.59. The van der Waals surface area contributed by atoms with E-state index in [1.54, 1.807) is 7.11 Å². The molecule has 148 valence electrons. The van der Waals surface area contributed by atoms with Gasteiger partial charge in [0.25, 0.3) is 0 Å². The Morgan fingerprint density at radius 3 is 2.32 bits per heavy atom. The third-order valence-electron chi connectivity index (χ3n) is 5.93. The Bertz CT molecular complexity index is 824. The highest BCUT2D eigenvalue weighted by Crippen LogP contribution is 2.33. The first-order valence-electron chi connectivity index (χ1n) is 9.90. The highest BCUT2D eigenvalue weighted by Gasteiger charge is 2.42. The third-order valence-corrected chi connectivity index (χ3v) is 5.93. The van der Waals surface area contributed by atoms with Crippen LogP contribution in [0.15, 0.2) is 42.5 Å². The van der Waals surface area contributed by atoms with E-state index in [0.717, 1.165) is 37.4 Å². The Balaban J connectivity index is 1.36. The van der Waals surface area contributed by atoms with Crippen molar-refractivity contribution in [2.45, 2.75) is 44.4 Å². The number of aromatic nitrogens is 1. The Morgan fingerprint density at radius 1 is 1.04 bits per heavy atom. The van der Waals surface area contributed by atoms with Crippen LogP contribution in [0.25, 0.3) is 0 Å². The van der Waals surface area contributed by atoms with Crippen LogP contribution in [0.4, 0.5) is 0 Å². The maximum atomic E-state index is 10.8. The van der Waals surface area contributed by atoms with Gasteiger partial charge in [-0.2, -0.15) is 0 Å². The maximum absolute atomic E-state index is 10.8. The van der Waals surface area contributed by atoms with Gasteiger partial charge >= 0.3 is 5.97 Å². The highest BCUT2D eigenvalue weighted by molar-refractivity contribution is 5.70. The van der Waals surface area contributed by atoms with Gasteiger partial charge in [0.05, 0.1) is 19.2 Å². The fraction of sp³-hybridized carbons (Fsp3) is 0.455. The Labute approximate surface area is 165 Å². The fourth-order valence-electron chi connectivity index (χ4n) is 4.60. The van der Waals surface area contributed by atoms with Gasteiger partial charge in [-0.3, -0.25) is 14.6 Å². The minimum atomic E-state index is -0.785. The van der Waals surface area contributed by atoms with Gasteiger partial charge in [0.1, 0.15) is 0 Å². The minimum absolute atomic E-state index is 0.0853. The number of methoxy groups -OCH3 is 1. The third kappa shape index (κ3) is 4.18. The molecule has 28 heavy (non-hydrogen) atoms. The lowest BCUT2D eigenvalue weighted by molar-refractivity contribution is -0.136. The van der Waals surface area contributed by atoms with Gasteiger partial charge in [0.2, 0.25) is 5.88 Å². The summed E-state index contributed by atoms with van der Waals surface area (Å²) in [4.78, 5) is 20.5. The van der Waals surface area contributed by atoms with Gasteiger partial charge < -0.3 is 9.84 Å². The molecule has 0 spiro atoms. The van der Waals surface area contributed by atoms with Crippen LogP contribution in [0.3, 0.4) is 0 Å². The van der Waals surface area contributed by atoms with E-state index >= 15 is 0 Å². The molecule has 2 fully saturated rings. The summed E-state index contributed by atoms with van der Waals surface area (Å²) in [6.45, 7) is 4.01. The molecule has 2 aliphatic rings. The number of aliphatic carboxylic acids is 1. The molecule has 0 bridgehead atoms. The second-order valence-electron chi connectivity index (χ2n) is 7.71. The van der Waals surface area contributed by atoms with E-state index in [1.165, 1.54) is 18.4 Å². The van der Waals surface area contributed by atoms with E-state index in [2.05, 4.69) is 33.0 Å². The average Bonchev–Trinajstić information content (AvgIpc) is 3.27. The van der Waals surface area contributed by atoms with E-state index in [1.807, 2.05) is 24.3 Å². The van der Waals surface area contributed by atoms with Gasteiger partial charge in [0, 0.05) is 44.3 Å². The second kappa shape index (κ2) is 8.29. The van der Waals surface area contributed by atoms with Crippen LogP contribution in [0.1, 0.15) is 29.7 Å². The monoisotopic (exact) mass is 381 g/mol. The molecule has 6 nitrogen and oxygen atoms in total. The number of carboxylic acid groups (broad SMARTS) is 1. The van der Waals surface area contributed by atoms with Crippen LogP contribution in [-0.4, -0.2) is 58.1 Å². The normalized spacial score (nSPS) is 22.3. The van der Waals surface area contributed by atoms with Crippen molar-refractivity contribution in [1.29, 1.82) is 0 Å². The summed E-state index contributed by atoms with van der Waals surface area (Å²) in [5, 5.41) is 8.90. The van der Waals surface area contributed by atoms with Crippen molar-refractivity contribution in [3.63, 3.8) is 0 Å². The molecule has 0 saturated carbocycles. The lowest BCUT2D eigenvalue weighted by Crippen LogP contribution is -2.36. The molecule has 1 N–H and O–H groups in total. The molecule has 0 aliphatic carbocycles. The second-order valence-corrected chi connectivity index (χ2v) is 7.71. The molecule has 2 atom stereocenters. The van der Waals surface area contributed by atoms with Gasteiger partial charge in [-0.25, -0.2) is 4.98 Å². The first-order valence-corrected chi connectivity index (χ1v) is 9.90. The van der Waals surface area contributed by atoms with Crippen LogP contribution in [0, 0.1) is 0 Å². The lowest BCUT2D eigenvalue weighted by atomic mass is 10.1. The Hall–Kier alpha value is -2.44. The summed E-state index contributed by atoms with van der Waals surface area (Å²) < 4.78 is 5.25. The SMILES string of the molecule is COc1cccc(CN2CC[C@H]3[C@@H]2CCN3Cc2ccc(CC(=O)O)cc2)n1. The van der Waals surface area contributed by atoms with Crippen LogP contribution < -0.4 is 4.74 Å². The van der Waals surface area contributed by atoms with E-state index < -0.39 is 5.97 Å². The van der Waals surface area contributed by atoms with E-state index in [-0.39, 0.29) is 6.42 Å². The fourth-order valence-corrected chi connectivity index (χ4v) is 4.60. The summed E-state index contributed by atoms with van der Waals surface area (Å²) in [7, 11) is 1.65. The van der Waals surface area contributed by atoms with E-state index in [4.69, 9.17) is 9.84 Å². The number of carboxylic acids is 1. The molecule has 6 heteroatoms. The molecule has 3 heterocycles. The van der Waals surface area contributed by atoms with Crippen LogP contribution >= 0.6 is 0 Å². The van der Waals surface area contributed by atoms with Crippen LogP contribution in [-0.2, 0) is 24.3 Å².